The standard InChI is InChI=1S/C28H42N4O4S/c1-29(2)28(23-7-5-4-6-8-23)15-13-27(14-16-28)21-31(26(34)32(27)19-22-9-10-22)20-25(33)30-17-11-24(12-18-30)37(3,35)36/h4-8,22,24H,9-21H2,1-3H3. The highest BCUT2D eigenvalue weighted by Crippen LogP contribution is 2.49. The van der Waals surface area contributed by atoms with Gasteiger partial charge in [-0.15, -0.1) is 0 Å². The maximum atomic E-state index is 13.7. The number of sulfone groups is 1. The fourth-order valence-corrected chi connectivity index (χ4v) is 8.00. The third kappa shape index (κ3) is 5.13. The SMILES string of the molecule is CN(C)C1(c2ccccc2)CCC2(CC1)CN(CC(=O)N1CCC(S(C)(=O)=O)CC1)C(=O)N2CC1CC1. The van der Waals surface area contributed by atoms with E-state index in [1.165, 1.54) is 24.7 Å². The highest BCUT2D eigenvalue weighted by molar-refractivity contribution is 7.91. The molecule has 37 heavy (non-hydrogen) atoms. The Labute approximate surface area is 221 Å². The van der Waals surface area contributed by atoms with E-state index in [1.54, 1.807) is 9.80 Å². The van der Waals surface area contributed by atoms with Crippen LogP contribution in [0.3, 0.4) is 0 Å². The molecule has 2 aliphatic heterocycles. The lowest BCUT2D eigenvalue weighted by Crippen LogP contribution is -2.55. The van der Waals surface area contributed by atoms with E-state index in [1.807, 2.05) is 0 Å². The maximum Gasteiger partial charge on any atom is 0.321 e. The predicted octanol–water partition coefficient (Wildman–Crippen LogP) is 2.94. The third-order valence-corrected chi connectivity index (χ3v) is 11.3. The van der Waals surface area contributed by atoms with Crippen molar-refractivity contribution >= 4 is 21.8 Å². The minimum Gasteiger partial charge on any atom is -0.341 e. The second-order valence-corrected chi connectivity index (χ2v) is 14.4. The lowest BCUT2D eigenvalue weighted by molar-refractivity contribution is -0.132. The molecular formula is C28H42N4O4S. The molecular weight excluding hydrogens is 488 g/mol. The van der Waals surface area contributed by atoms with Gasteiger partial charge in [0.05, 0.1) is 10.8 Å². The average molecular weight is 531 g/mol. The molecule has 0 aromatic heterocycles. The van der Waals surface area contributed by atoms with Crippen molar-refractivity contribution in [3.05, 3.63) is 35.9 Å². The fraction of sp³-hybridized carbons (Fsp3) is 0.714. The van der Waals surface area contributed by atoms with Crippen LogP contribution >= 0.6 is 0 Å². The van der Waals surface area contributed by atoms with Crippen molar-refractivity contribution in [1.29, 1.82) is 0 Å². The van der Waals surface area contributed by atoms with Crippen LogP contribution in [0.4, 0.5) is 4.79 Å². The first kappa shape index (κ1) is 26.5. The second kappa shape index (κ2) is 9.88. The van der Waals surface area contributed by atoms with E-state index in [9.17, 15) is 18.0 Å². The molecule has 0 radical (unpaired) electrons. The van der Waals surface area contributed by atoms with Gasteiger partial charge in [-0.25, -0.2) is 13.2 Å². The first-order valence-electron chi connectivity index (χ1n) is 13.8. The number of piperidine rings is 1. The molecule has 1 spiro atoms. The van der Waals surface area contributed by atoms with Crippen LogP contribution in [-0.4, -0.2) is 104 Å². The Morgan fingerprint density at radius 2 is 1.62 bits per heavy atom. The van der Waals surface area contributed by atoms with E-state index in [4.69, 9.17) is 0 Å². The number of hydrogen-bond acceptors (Lipinski definition) is 5. The summed E-state index contributed by atoms with van der Waals surface area (Å²) >= 11 is 0. The first-order valence-corrected chi connectivity index (χ1v) is 15.8. The summed E-state index contributed by atoms with van der Waals surface area (Å²) in [4.78, 5) is 34.9. The number of carbonyl (C=O) groups is 2. The van der Waals surface area contributed by atoms with E-state index < -0.39 is 9.84 Å². The molecule has 9 heteroatoms. The van der Waals surface area contributed by atoms with Crippen LogP contribution in [-0.2, 0) is 20.2 Å². The van der Waals surface area contributed by atoms with Gasteiger partial charge in [-0.2, -0.15) is 0 Å². The van der Waals surface area contributed by atoms with E-state index in [2.05, 4.69) is 54.2 Å². The highest BCUT2D eigenvalue weighted by atomic mass is 32.2. The molecule has 0 unspecified atom stereocenters. The second-order valence-electron chi connectivity index (χ2n) is 12.1. The molecule has 2 saturated heterocycles. The molecule has 4 aliphatic rings. The zero-order chi connectivity index (χ0) is 26.4. The van der Waals surface area contributed by atoms with Gasteiger partial charge in [-0.05, 0) is 76.9 Å². The van der Waals surface area contributed by atoms with E-state index in [-0.39, 0.29) is 34.8 Å². The molecule has 204 valence electrons. The molecule has 0 N–H and O–H groups in total. The van der Waals surface area contributed by atoms with E-state index >= 15 is 0 Å². The lowest BCUT2D eigenvalue weighted by Gasteiger charge is -2.51. The highest BCUT2D eigenvalue weighted by Gasteiger charge is 2.55. The van der Waals surface area contributed by atoms with Gasteiger partial charge in [0, 0.05) is 38.0 Å². The molecule has 2 saturated carbocycles. The van der Waals surface area contributed by atoms with Crippen LogP contribution < -0.4 is 0 Å². The number of carbonyl (C=O) groups excluding carboxylic acids is 2. The molecule has 1 aromatic carbocycles. The zero-order valence-corrected chi connectivity index (χ0v) is 23.4. The summed E-state index contributed by atoms with van der Waals surface area (Å²) in [5.74, 6) is 0.521. The van der Waals surface area contributed by atoms with Gasteiger partial charge in [0.1, 0.15) is 16.4 Å². The Morgan fingerprint density at radius 3 is 2.16 bits per heavy atom. The van der Waals surface area contributed by atoms with Crippen molar-refractivity contribution < 1.29 is 18.0 Å². The lowest BCUT2D eigenvalue weighted by atomic mass is 9.68. The number of nitrogens with zero attached hydrogens (tertiary/aromatic N) is 4. The zero-order valence-electron chi connectivity index (χ0n) is 22.6. The van der Waals surface area contributed by atoms with Gasteiger partial charge < -0.3 is 14.7 Å². The van der Waals surface area contributed by atoms with E-state index in [0.29, 0.717) is 38.4 Å². The monoisotopic (exact) mass is 530 g/mol. The summed E-state index contributed by atoms with van der Waals surface area (Å²) in [5.41, 5.74) is 1.06. The molecule has 0 bridgehead atoms. The Bertz CT molecular complexity index is 1100. The van der Waals surface area contributed by atoms with Crippen LogP contribution in [0.1, 0.15) is 56.9 Å². The van der Waals surface area contributed by atoms with Gasteiger partial charge in [-0.1, -0.05) is 30.3 Å². The van der Waals surface area contributed by atoms with Gasteiger partial charge in [0.15, 0.2) is 0 Å². The number of likely N-dealkylation sites (tertiary alicyclic amines) is 1. The number of benzene rings is 1. The van der Waals surface area contributed by atoms with Crippen molar-refractivity contribution in [3.8, 4) is 0 Å². The quantitative estimate of drug-likeness (QED) is 0.542. The number of rotatable bonds is 7. The Kier molecular flexibility index (Phi) is 7.07. The Balaban J connectivity index is 1.29. The van der Waals surface area contributed by atoms with Crippen molar-refractivity contribution in [2.45, 2.75) is 67.7 Å². The Morgan fingerprint density at radius 1 is 1.00 bits per heavy atom. The van der Waals surface area contributed by atoms with Crippen molar-refractivity contribution in [1.82, 2.24) is 19.6 Å². The van der Waals surface area contributed by atoms with Crippen LogP contribution in [0, 0.1) is 5.92 Å². The van der Waals surface area contributed by atoms with Crippen LogP contribution in [0.2, 0.25) is 0 Å². The topological polar surface area (TPSA) is 81.2 Å². The number of hydrogen-bond donors (Lipinski definition) is 0. The predicted molar refractivity (Wildman–Crippen MR) is 144 cm³/mol. The van der Waals surface area contributed by atoms with Gasteiger partial charge in [0.25, 0.3) is 0 Å². The first-order chi connectivity index (χ1) is 17.5. The van der Waals surface area contributed by atoms with Crippen LogP contribution in [0.25, 0.3) is 0 Å². The molecule has 5 rings (SSSR count). The van der Waals surface area contributed by atoms with Crippen molar-refractivity contribution in [2.24, 2.45) is 5.92 Å². The summed E-state index contributed by atoms with van der Waals surface area (Å²) in [6.45, 7) is 2.37. The largest absolute Gasteiger partial charge is 0.341 e. The Hall–Kier alpha value is -2.13. The van der Waals surface area contributed by atoms with Crippen LogP contribution in [0.5, 0.6) is 0 Å². The molecule has 2 aliphatic carbocycles. The summed E-state index contributed by atoms with van der Waals surface area (Å²) in [6.07, 6.45) is 8.37. The number of amides is 3. The molecule has 0 atom stereocenters. The summed E-state index contributed by atoms with van der Waals surface area (Å²) in [6, 6.07) is 10.7. The van der Waals surface area contributed by atoms with Gasteiger partial charge >= 0.3 is 6.03 Å². The number of urea groups is 1. The fourth-order valence-electron chi connectivity index (χ4n) is 6.93. The van der Waals surface area contributed by atoms with Gasteiger partial charge in [0.2, 0.25) is 5.91 Å². The molecule has 2 heterocycles. The molecule has 4 fully saturated rings. The molecule has 1 aromatic rings. The van der Waals surface area contributed by atoms with Crippen LogP contribution in [0.15, 0.2) is 30.3 Å². The van der Waals surface area contributed by atoms with E-state index in [0.717, 1.165) is 32.2 Å². The minimum absolute atomic E-state index is 0.00309. The smallest absolute Gasteiger partial charge is 0.321 e. The summed E-state index contributed by atoms with van der Waals surface area (Å²) < 4.78 is 23.8. The third-order valence-electron chi connectivity index (χ3n) is 9.60. The average Bonchev–Trinajstić information content (AvgIpc) is 3.67. The maximum absolute atomic E-state index is 13.7. The van der Waals surface area contributed by atoms with Crippen molar-refractivity contribution in [3.63, 3.8) is 0 Å². The summed E-state index contributed by atoms with van der Waals surface area (Å²) in [7, 11) is 1.23. The normalized spacial score (nSPS) is 29.5. The van der Waals surface area contributed by atoms with Crippen molar-refractivity contribution in [2.75, 3.05) is 53.1 Å². The molecule has 3 amide bonds. The summed E-state index contributed by atoms with van der Waals surface area (Å²) in [5, 5.41) is -0.369. The van der Waals surface area contributed by atoms with Gasteiger partial charge in [-0.3, -0.25) is 9.69 Å². The molecule has 8 nitrogen and oxygen atoms in total. The minimum atomic E-state index is -3.09.